The molecule has 0 spiro atoms. The molecule has 0 heterocycles. The number of unbranched alkanes of at least 4 members (excludes halogenated alkanes) is 9. The van der Waals surface area contributed by atoms with E-state index < -0.39 is 0 Å². The van der Waals surface area contributed by atoms with Gasteiger partial charge in [0.2, 0.25) is 10.4 Å². The molecule has 0 aliphatic carbocycles. The Labute approximate surface area is 218 Å². The second-order valence-corrected chi connectivity index (χ2v) is 12.0. The van der Waals surface area contributed by atoms with Crippen LogP contribution in [0.25, 0.3) is 0 Å². The molecule has 0 fully saturated rings. The fourth-order valence-corrected chi connectivity index (χ4v) is 6.27. The number of benzene rings is 3. The van der Waals surface area contributed by atoms with Gasteiger partial charge in [-0.3, -0.25) is 0 Å². The van der Waals surface area contributed by atoms with E-state index in [0.29, 0.717) is 5.92 Å². The van der Waals surface area contributed by atoms with Crippen molar-refractivity contribution in [2.75, 3.05) is 6.54 Å². The number of rotatable bonds is 17. The van der Waals surface area contributed by atoms with Gasteiger partial charge in [-0.15, -0.1) is 0 Å². The lowest BCUT2D eigenvalue weighted by atomic mass is 9.89. The van der Waals surface area contributed by atoms with Gasteiger partial charge in [0.1, 0.15) is 11.4 Å². The third kappa shape index (κ3) is 9.09. The van der Waals surface area contributed by atoms with Crippen molar-refractivity contribution in [2.45, 2.75) is 89.9 Å². The van der Waals surface area contributed by atoms with E-state index in [9.17, 15) is 0 Å². The molecule has 0 saturated heterocycles. The maximum Gasteiger partial charge on any atom is 0.249 e. The van der Waals surface area contributed by atoms with Crippen LogP contribution in [0.2, 0.25) is 0 Å². The molecule has 0 amide bonds. The highest BCUT2D eigenvalue weighted by molar-refractivity contribution is 6.17. The van der Waals surface area contributed by atoms with Crippen molar-refractivity contribution in [2.24, 2.45) is 0 Å². The summed E-state index contributed by atoms with van der Waals surface area (Å²) in [4.78, 5) is 0. The Morgan fingerprint density at radius 1 is 0.543 bits per heavy atom. The summed E-state index contributed by atoms with van der Waals surface area (Å²) < 4.78 is 0.989. The van der Waals surface area contributed by atoms with Gasteiger partial charge in [0, 0.05) is 6.42 Å². The van der Waals surface area contributed by atoms with E-state index in [0.717, 1.165) is 21.1 Å². The van der Waals surface area contributed by atoms with E-state index in [1.807, 2.05) is 0 Å². The highest BCUT2D eigenvalue weighted by Crippen LogP contribution is 2.35. The smallest absolute Gasteiger partial charge is 0.249 e. The first-order valence-corrected chi connectivity index (χ1v) is 15.1. The Bertz CT molecular complexity index is 870. The van der Waals surface area contributed by atoms with Gasteiger partial charge in [-0.25, -0.2) is 0 Å². The lowest BCUT2D eigenvalue weighted by Crippen LogP contribution is -2.42. The Balaban J connectivity index is 1.57. The first kappa shape index (κ1) is 27.4. The summed E-state index contributed by atoms with van der Waals surface area (Å²) in [5.74, 6) is 0.643. The van der Waals surface area contributed by atoms with Crippen molar-refractivity contribution < 1.29 is 0 Å². The van der Waals surface area contributed by atoms with Crippen LogP contribution >= 0.6 is 0 Å². The van der Waals surface area contributed by atoms with Crippen molar-refractivity contribution in [1.29, 1.82) is 0 Å². The molecule has 3 rings (SSSR count). The van der Waals surface area contributed by atoms with Gasteiger partial charge in [-0.05, 0) is 42.2 Å². The van der Waals surface area contributed by atoms with E-state index in [4.69, 9.17) is 0 Å². The van der Waals surface area contributed by atoms with Gasteiger partial charge in [0.15, 0.2) is 0 Å². The summed E-state index contributed by atoms with van der Waals surface area (Å²) in [6, 6.07) is 33.6. The largest absolute Gasteiger partial charge is 0.325 e. The van der Waals surface area contributed by atoms with Gasteiger partial charge >= 0.3 is 0 Å². The molecule has 1 atom stereocenters. The molecule has 0 saturated carbocycles. The second-order valence-electron chi connectivity index (χ2n) is 10.5. The molecule has 35 heavy (non-hydrogen) atoms. The molecule has 188 valence electrons. The normalized spacial score (nSPS) is 12.6. The van der Waals surface area contributed by atoms with Gasteiger partial charge in [-0.2, -0.15) is 0 Å². The molecule has 0 radical (unpaired) electrons. The minimum atomic E-state index is 0.643. The summed E-state index contributed by atoms with van der Waals surface area (Å²) in [6.45, 7) is 3.46. The average Bonchev–Trinajstić information content (AvgIpc) is 2.92. The Morgan fingerprint density at radius 3 is 1.46 bits per heavy atom. The fourth-order valence-electron chi connectivity index (χ4n) is 5.42. The van der Waals surface area contributed by atoms with Gasteiger partial charge in [0.25, 0.3) is 0 Å². The third-order valence-corrected chi connectivity index (χ3v) is 9.23. The molecule has 3 aromatic rings. The van der Waals surface area contributed by atoms with E-state index in [-0.39, 0.29) is 0 Å². The standard InChI is InChI=1S/C33H48NSi/c1-2-3-4-5-6-7-8-9-10-14-23-31(30-21-15-11-16-22-30)28-29-34(35,32-24-17-12-18-25-32)33-26-19-13-20-27-33/h11-13,15-22,24-27,31H,2-10,14,23,28-29H2,1,35H3/q+1. The quantitative estimate of drug-likeness (QED) is 0.132. The second kappa shape index (κ2) is 15.8. The molecule has 0 aliphatic heterocycles. The van der Waals surface area contributed by atoms with E-state index in [2.05, 4.69) is 97.9 Å². The highest BCUT2D eigenvalue weighted by Gasteiger charge is 2.28. The first-order chi connectivity index (χ1) is 17.2. The lowest BCUT2D eigenvalue weighted by molar-refractivity contribution is 0.467. The minimum absolute atomic E-state index is 0.643. The molecular weight excluding hydrogens is 438 g/mol. The molecular formula is C33H48NSi+. The van der Waals surface area contributed by atoms with Crippen LogP contribution in [-0.4, -0.2) is 16.9 Å². The number of nitrogens with zero attached hydrogens (tertiary/aromatic N) is 1. The van der Waals surface area contributed by atoms with E-state index in [1.54, 1.807) is 0 Å². The van der Waals surface area contributed by atoms with Crippen molar-refractivity contribution in [3.63, 3.8) is 0 Å². The number of hydrogen-bond acceptors (Lipinski definition) is 0. The SMILES string of the molecule is CCCCCCCCCCCCC(CC[N+]([SiH3])(c1ccccc1)c1ccccc1)c1ccccc1. The zero-order chi connectivity index (χ0) is 24.6. The van der Waals surface area contributed by atoms with Gasteiger partial charge in [-0.1, -0.05) is 138 Å². The molecule has 0 aromatic heterocycles. The average molecular weight is 487 g/mol. The van der Waals surface area contributed by atoms with Crippen molar-refractivity contribution in [3.05, 3.63) is 96.6 Å². The van der Waals surface area contributed by atoms with Gasteiger partial charge < -0.3 is 4.15 Å². The number of hydrogen-bond donors (Lipinski definition) is 0. The van der Waals surface area contributed by atoms with Crippen LogP contribution in [0, 0.1) is 0 Å². The maximum absolute atomic E-state index is 2.35. The predicted octanol–water partition coefficient (Wildman–Crippen LogP) is 9.09. The van der Waals surface area contributed by atoms with E-state index >= 15 is 0 Å². The molecule has 2 heteroatoms. The summed E-state index contributed by atoms with van der Waals surface area (Å²) in [7, 11) is 1.06. The monoisotopic (exact) mass is 486 g/mol. The van der Waals surface area contributed by atoms with Crippen molar-refractivity contribution >= 4 is 21.8 Å². The zero-order valence-corrected chi connectivity index (χ0v) is 24.4. The van der Waals surface area contributed by atoms with Crippen LogP contribution in [0.5, 0.6) is 0 Å². The van der Waals surface area contributed by atoms with Crippen LogP contribution < -0.4 is 4.15 Å². The predicted molar refractivity (Wildman–Crippen MR) is 159 cm³/mol. The number of para-hydroxylation sites is 2. The molecule has 0 bridgehead atoms. The molecule has 1 unspecified atom stereocenters. The highest BCUT2D eigenvalue weighted by atomic mass is 28.2. The molecule has 3 aromatic carbocycles. The molecule has 0 N–H and O–H groups in total. The number of quaternary nitrogens is 1. The molecule has 0 aliphatic rings. The summed E-state index contributed by atoms with van der Waals surface area (Å²) in [5, 5.41) is 0. The third-order valence-electron chi connectivity index (χ3n) is 7.75. The Hall–Kier alpha value is -2.16. The van der Waals surface area contributed by atoms with Crippen LogP contribution in [-0.2, 0) is 0 Å². The van der Waals surface area contributed by atoms with Crippen LogP contribution in [0.3, 0.4) is 0 Å². The van der Waals surface area contributed by atoms with Crippen LogP contribution in [0.15, 0.2) is 91.0 Å². The Morgan fingerprint density at radius 2 is 0.971 bits per heavy atom. The first-order valence-electron chi connectivity index (χ1n) is 14.3. The molecule has 1 nitrogen and oxygen atoms in total. The van der Waals surface area contributed by atoms with Gasteiger partial charge in [0.05, 0.1) is 6.54 Å². The zero-order valence-electron chi connectivity index (χ0n) is 22.4. The van der Waals surface area contributed by atoms with Crippen molar-refractivity contribution in [3.8, 4) is 0 Å². The van der Waals surface area contributed by atoms with Crippen molar-refractivity contribution in [1.82, 2.24) is 4.15 Å². The lowest BCUT2D eigenvalue weighted by Gasteiger charge is -2.37. The summed E-state index contributed by atoms with van der Waals surface area (Å²) >= 11 is 0. The van der Waals surface area contributed by atoms with E-state index in [1.165, 1.54) is 94.0 Å². The topological polar surface area (TPSA) is 0 Å². The summed E-state index contributed by atoms with van der Waals surface area (Å²) in [6.07, 6.45) is 16.6. The fraction of sp³-hybridized carbons (Fsp3) is 0.455. The minimum Gasteiger partial charge on any atom is -0.325 e. The van der Waals surface area contributed by atoms with Crippen LogP contribution in [0.4, 0.5) is 11.4 Å². The Kier molecular flexibility index (Phi) is 12.3. The van der Waals surface area contributed by atoms with Crippen LogP contribution in [0.1, 0.15) is 95.5 Å². The maximum atomic E-state index is 2.35. The summed E-state index contributed by atoms with van der Waals surface area (Å²) in [5.41, 5.74) is 4.38.